The molecular weight excluding hydrogens is 517 g/mol. The standard InChI is InChI=1S/C29H47N3O3.2CH4O.Na/c1-7-8-17-31(6)24(4)26-15-13-25(14-16-26)23(3)21-32(30-5)18-11-9-10-12-27-19-22(2)20-28(35-27)29(33)34;2*1-2;/h13-16,21-22,27-28,30H,4,7-12,17-20H2,1-3,5-6H3,(H,33,34);2*2H,1H3;/q;;;+1/p-1/b23-21+;;;. The van der Waals surface area contributed by atoms with Crippen LogP contribution in [0.2, 0.25) is 0 Å². The molecule has 0 amide bonds. The average Bonchev–Trinajstić information content (AvgIpc) is 2.96. The molecule has 0 saturated carbocycles. The van der Waals surface area contributed by atoms with Gasteiger partial charge in [0, 0.05) is 53.3 Å². The van der Waals surface area contributed by atoms with Gasteiger partial charge in [-0.1, -0.05) is 64.0 Å². The first-order valence-corrected chi connectivity index (χ1v) is 14.1. The fourth-order valence-corrected chi connectivity index (χ4v) is 4.65. The fourth-order valence-electron chi connectivity index (χ4n) is 4.65. The van der Waals surface area contributed by atoms with E-state index in [2.05, 4.69) is 80.2 Å². The molecule has 1 aromatic rings. The third-order valence-corrected chi connectivity index (χ3v) is 6.94. The molecule has 0 bridgehead atoms. The minimum Gasteiger partial charge on any atom is -0.547 e. The van der Waals surface area contributed by atoms with Gasteiger partial charge in [-0.25, -0.2) is 5.43 Å². The number of hydrogen-bond donors (Lipinski definition) is 3. The number of nitrogens with one attached hydrogen (secondary N) is 1. The largest absolute Gasteiger partial charge is 1.00 e. The second-order valence-electron chi connectivity index (χ2n) is 10.0. The van der Waals surface area contributed by atoms with Crippen molar-refractivity contribution in [2.75, 3.05) is 41.4 Å². The van der Waals surface area contributed by atoms with E-state index < -0.39 is 12.1 Å². The van der Waals surface area contributed by atoms with Crippen LogP contribution in [0.3, 0.4) is 0 Å². The van der Waals surface area contributed by atoms with Crippen LogP contribution in [0, 0.1) is 5.92 Å². The van der Waals surface area contributed by atoms with Crippen molar-refractivity contribution in [2.24, 2.45) is 5.92 Å². The van der Waals surface area contributed by atoms with Crippen molar-refractivity contribution in [3.8, 4) is 0 Å². The Morgan fingerprint density at radius 3 is 2.23 bits per heavy atom. The van der Waals surface area contributed by atoms with E-state index in [9.17, 15) is 9.90 Å². The maximum Gasteiger partial charge on any atom is 1.00 e. The third kappa shape index (κ3) is 15.6. The van der Waals surface area contributed by atoms with Crippen molar-refractivity contribution >= 4 is 17.2 Å². The number of aliphatic hydroxyl groups excluding tert-OH is 2. The van der Waals surface area contributed by atoms with Crippen LogP contribution >= 0.6 is 0 Å². The molecule has 8 nitrogen and oxygen atoms in total. The first kappa shape index (κ1) is 40.7. The SMILES string of the molecule is C=C(c1ccc(/C(C)=C/N(CCCCCC2CC(C)CC(C(=O)[O-])O2)NC)cc1)N(C)CCCC.CO.CO.[Na+]. The number of allylic oxidation sites excluding steroid dienone is 1. The van der Waals surface area contributed by atoms with Gasteiger partial charge in [0.05, 0.1) is 18.2 Å². The van der Waals surface area contributed by atoms with E-state index in [-0.39, 0.29) is 35.7 Å². The number of aliphatic carboxylic acids is 1. The number of nitrogens with zero attached hydrogens (tertiary/aromatic N) is 2. The number of carbonyl (C=O) groups is 1. The minimum absolute atomic E-state index is 0. The van der Waals surface area contributed by atoms with Gasteiger partial charge < -0.3 is 34.8 Å². The molecule has 3 N–H and O–H groups in total. The fraction of sp³-hybridized carbons (Fsp3) is 0.645. The first-order chi connectivity index (χ1) is 18.7. The van der Waals surface area contributed by atoms with Gasteiger partial charge >= 0.3 is 29.6 Å². The van der Waals surface area contributed by atoms with Crippen LogP contribution in [0.4, 0.5) is 0 Å². The molecule has 1 fully saturated rings. The van der Waals surface area contributed by atoms with Crippen molar-refractivity contribution in [3.05, 3.63) is 48.2 Å². The summed E-state index contributed by atoms with van der Waals surface area (Å²) >= 11 is 0. The topological polar surface area (TPSA) is 108 Å². The Balaban J connectivity index is 0. The monoisotopic (exact) mass is 571 g/mol. The molecule has 40 heavy (non-hydrogen) atoms. The molecule has 0 radical (unpaired) electrons. The van der Waals surface area contributed by atoms with Crippen LogP contribution in [0.5, 0.6) is 0 Å². The summed E-state index contributed by atoms with van der Waals surface area (Å²) in [6.07, 6.45) is 9.40. The zero-order valence-corrected chi connectivity index (χ0v) is 28.4. The molecule has 3 atom stereocenters. The van der Waals surface area contributed by atoms with Gasteiger partial charge in [-0.2, -0.15) is 0 Å². The van der Waals surface area contributed by atoms with E-state index in [0.717, 1.165) is 70.7 Å². The molecular formula is C31H54N3NaO5. The van der Waals surface area contributed by atoms with Gasteiger partial charge in [0.25, 0.3) is 0 Å². The van der Waals surface area contributed by atoms with Crippen molar-refractivity contribution in [1.82, 2.24) is 15.3 Å². The Bertz CT molecular complexity index is 835. The number of hydrogen-bond acceptors (Lipinski definition) is 8. The normalized spacial score (nSPS) is 18.2. The second-order valence-corrected chi connectivity index (χ2v) is 10.0. The number of hydrazine groups is 1. The molecule has 1 heterocycles. The van der Waals surface area contributed by atoms with E-state index in [1.54, 1.807) is 0 Å². The van der Waals surface area contributed by atoms with Crippen LogP contribution in [0.25, 0.3) is 11.3 Å². The summed E-state index contributed by atoms with van der Waals surface area (Å²) < 4.78 is 5.72. The van der Waals surface area contributed by atoms with E-state index in [1.165, 1.54) is 24.0 Å². The predicted octanol–water partition coefficient (Wildman–Crippen LogP) is 0.901. The molecule has 1 aliphatic rings. The third-order valence-electron chi connectivity index (χ3n) is 6.94. The second kappa shape index (κ2) is 24.2. The van der Waals surface area contributed by atoms with E-state index in [1.807, 2.05) is 7.05 Å². The van der Waals surface area contributed by atoms with Crippen molar-refractivity contribution < 1.29 is 54.4 Å². The Kier molecular flexibility index (Phi) is 24.7. The average molecular weight is 572 g/mol. The Hall–Kier alpha value is -1.39. The van der Waals surface area contributed by atoms with Gasteiger partial charge in [0.1, 0.15) is 0 Å². The van der Waals surface area contributed by atoms with Crippen molar-refractivity contribution in [1.29, 1.82) is 0 Å². The Morgan fingerprint density at radius 2 is 1.68 bits per heavy atom. The number of unbranched alkanes of at least 4 members (excludes halogenated alkanes) is 3. The van der Waals surface area contributed by atoms with E-state index >= 15 is 0 Å². The summed E-state index contributed by atoms with van der Waals surface area (Å²) in [4.78, 5) is 13.4. The molecule has 9 heteroatoms. The van der Waals surface area contributed by atoms with Gasteiger partial charge in [0.15, 0.2) is 0 Å². The van der Waals surface area contributed by atoms with Crippen LogP contribution in [0.15, 0.2) is 37.0 Å². The number of carboxylic acids is 1. The predicted molar refractivity (Wildman–Crippen MR) is 159 cm³/mol. The van der Waals surface area contributed by atoms with E-state index in [4.69, 9.17) is 14.9 Å². The molecule has 3 unspecified atom stereocenters. The number of aliphatic hydroxyl groups is 2. The summed E-state index contributed by atoms with van der Waals surface area (Å²) in [5, 5.41) is 27.3. The van der Waals surface area contributed by atoms with Gasteiger partial charge in [-0.05, 0) is 61.6 Å². The molecule has 224 valence electrons. The van der Waals surface area contributed by atoms with Crippen molar-refractivity contribution in [3.63, 3.8) is 0 Å². The van der Waals surface area contributed by atoms with Crippen LogP contribution in [-0.4, -0.2) is 79.7 Å². The van der Waals surface area contributed by atoms with Gasteiger partial charge in [0.2, 0.25) is 0 Å². The number of rotatable bonds is 15. The number of ether oxygens (including phenoxy) is 1. The summed E-state index contributed by atoms with van der Waals surface area (Å²) in [6.45, 7) is 12.6. The van der Waals surface area contributed by atoms with Crippen LogP contribution < -0.4 is 40.1 Å². The molecule has 0 spiro atoms. The number of benzene rings is 1. The summed E-state index contributed by atoms with van der Waals surface area (Å²) in [5.74, 6) is -0.703. The molecule has 1 aliphatic heterocycles. The number of carbonyl (C=O) groups excluding carboxylic acids is 1. The summed E-state index contributed by atoms with van der Waals surface area (Å²) in [6, 6.07) is 8.64. The van der Waals surface area contributed by atoms with Crippen LogP contribution in [0.1, 0.15) is 83.3 Å². The zero-order valence-electron chi connectivity index (χ0n) is 26.4. The minimum atomic E-state index is -1.08. The molecule has 0 aliphatic carbocycles. The van der Waals surface area contributed by atoms with Gasteiger partial charge in [-0.3, -0.25) is 0 Å². The maximum absolute atomic E-state index is 11.2. The Labute approximate surface area is 265 Å². The maximum atomic E-state index is 11.2. The quantitative estimate of drug-likeness (QED) is 0.162. The smallest absolute Gasteiger partial charge is 0.547 e. The zero-order chi connectivity index (χ0) is 29.8. The summed E-state index contributed by atoms with van der Waals surface area (Å²) in [5.41, 5.74) is 7.89. The summed E-state index contributed by atoms with van der Waals surface area (Å²) in [7, 11) is 6.05. The van der Waals surface area contributed by atoms with Crippen molar-refractivity contribution in [2.45, 2.75) is 84.3 Å². The molecule has 0 aromatic heterocycles. The van der Waals surface area contributed by atoms with Gasteiger partial charge in [-0.15, -0.1) is 0 Å². The number of carboxylic acid groups (broad SMARTS) is 1. The molecule has 1 aromatic carbocycles. The Morgan fingerprint density at radius 1 is 1.07 bits per heavy atom. The van der Waals surface area contributed by atoms with Crippen LogP contribution in [-0.2, 0) is 9.53 Å². The van der Waals surface area contributed by atoms with E-state index in [0.29, 0.717) is 12.3 Å². The molecule has 1 saturated heterocycles. The first-order valence-electron chi connectivity index (χ1n) is 14.1. The molecule has 2 rings (SSSR count).